The van der Waals surface area contributed by atoms with E-state index < -0.39 is 15.9 Å². The summed E-state index contributed by atoms with van der Waals surface area (Å²) in [5.74, 6) is -0.231. The van der Waals surface area contributed by atoms with Gasteiger partial charge >= 0.3 is 0 Å². The van der Waals surface area contributed by atoms with E-state index in [1.807, 2.05) is 12.1 Å². The molecular weight excluding hydrogens is 428 g/mol. The van der Waals surface area contributed by atoms with Gasteiger partial charge in [0.1, 0.15) is 10.6 Å². The van der Waals surface area contributed by atoms with Crippen molar-refractivity contribution in [2.75, 3.05) is 32.6 Å². The first-order valence-corrected chi connectivity index (χ1v) is 10.9. The van der Waals surface area contributed by atoms with Crippen LogP contribution in [0.5, 0.6) is 5.75 Å². The van der Waals surface area contributed by atoms with Crippen LogP contribution in [0.1, 0.15) is 10.4 Å². The van der Waals surface area contributed by atoms with Crippen LogP contribution in [0, 0.1) is 0 Å². The Morgan fingerprint density at radius 2 is 1.93 bits per heavy atom. The van der Waals surface area contributed by atoms with E-state index in [2.05, 4.69) is 20.3 Å². The van der Waals surface area contributed by atoms with Crippen LogP contribution in [0.2, 0.25) is 5.02 Å². The molecule has 0 spiro atoms. The van der Waals surface area contributed by atoms with Gasteiger partial charge in [-0.3, -0.25) is 9.78 Å². The first-order valence-electron chi connectivity index (χ1n) is 9.03. The lowest BCUT2D eigenvalue weighted by Crippen LogP contribution is -2.29. The van der Waals surface area contributed by atoms with Gasteiger partial charge in [0.25, 0.3) is 5.91 Å². The third-order valence-electron chi connectivity index (χ3n) is 4.41. The Labute approximate surface area is 179 Å². The molecule has 0 saturated carbocycles. The molecule has 0 aliphatic carbocycles. The molecule has 0 aliphatic heterocycles. The van der Waals surface area contributed by atoms with Gasteiger partial charge in [-0.1, -0.05) is 11.6 Å². The van der Waals surface area contributed by atoms with Crippen LogP contribution in [0.4, 0.5) is 5.69 Å². The van der Waals surface area contributed by atoms with Crippen LogP contribution in [-0.4, -0.2) is 46.6 Å². The summed E-state index contributed by atoms with van der Waals surface area (Å²) in [6, 6.07) is 11.5. The van der Waals surface area contributed by atoms with Crippen molar-refractivity contribution in [3.63, 3.8) is 0 Å². The number of hydrogen-bond donors (Lipinski definition) is 3. The normalized spacial score (nSPS) is 11.3. The number of halogens is 1. The maximum atomic E-state index is 12.5. The Morgan fingerprint density at radius 1 is 1.13 bits per heavy atom. The average molecular weight is 449 g/mol. The molecule has 1 amide bonds. The minimum atomic E-state index is -3.76. The molecule has 2 aromatic carbocycles. The number of carbonyl (C=O) groups excluding carboxylic acids is 1. The number of anilines is 1. The van der Waals surface area contributed by atoms with Crippen LogP contribution in [0.15, 0.2) is 53.6 Å². The van der Waals surface area contributed by atoms with Crippen molar-refractivity contribution in [2.24, 2.45) is 0 Å². The van der Waals surface area contributed by atoms with Crippen molar-refractivity contribution >= 4 is 44.1 Å². The van der Waals surface area contributed by atoms with Crippen LogP contribution in [0.25, 0.3) is 10.9 Å². The monoisotopic (exact) mass is 448 g/mol. The number of pyridine rings is 1. The topological polar surface area (TPSA) is 109 Å². The molecule has 0 fully saturated rings. The van der Waals surface area contributed by atoms with Crippen LogP contribution in [0.3, 0.4) is 0 Å². The first kappa shape index (κ1) is 21.8. The number of ether oxygens (including phenoxy) is 1. The molecular formula is C20H21ClN4O4S. The Balaban J connectivity index is 1.65. The fourth-order valence-electron chi connectivity index (χ4n) is 2.89. The third kappa shape index (κ3) is 4.81. The summed E-state index contributed by atoms with van der Waals surface area (Å²) in [6.07, 6.45) is 1.68. The molecule has 0 saturated heterocycles. The van der Waals surface area contributed by atoms with Gasteiger partial charge in [0, 0.05) is 40.9 Å². The lowest BCUT2D eigenvalue weighted by Gasteiger charge is -2.12. The van der Waals surface area contributed by atoms with Gasteiger partial charge in [0.15, 0.2) is 0 Å². The first-order chi connectivity index (χ1) is 14.4. The number of fused-ring (bicyclic) bond motifs is 1. The second-order valence-corrected chi connectivity index (χ2v) is 8.57. The summed E-state index contributed by atoms with van der Waals surface area (Å²) in [7, 11) is -1.10. The van der Waals surface area contributed by atoms with Gasteiger partial charge in [-0.25, -0.2) is 13.1 Å². The minimum absolute atomic E-state index is 0.0970. The zero-order valence-corrected chi connectivity index (χ0v) is 18.0. The fraction of sp³-hybridized carbons (Fsp3) is 0.200. The van der Waals surface area contributed by atoms with Gasteiger partial charge in [0.2, 0.25) is 10.0 Å². The standard InChI is InChI=1S/C20H21ClN4O4S/c1-22-30(27,28)19-11-13(3-6-18(19)29-2)20(26)25-10-9-24-16-7-8-23-17-12-14(21)4-5-15(16)17/h3-8,11-12,22H,9-10H2,1-2H3,(H,23,24)(H,25,26). The zero-order valence-electron chi connectivity index (χ0n) is 16.4. The highest BCUT2D eigenvalue weighted by atomic mass is 35.5. The highest BCUT2D eigenvalue weighted by molar-refractivity contribution is 7.89. The van der Waals surface area contributed by atoms with Crippen molar-refractivity contribution in [2.45, 2.75) is 4.90 Å². The van der Waals surface area contributed by atoms with E-state index in [0.29, 0.717) is 18.1 Å². The van der Waals surface area contributed by atoms with E-state index in [1.54, 1.807) is 18.3 Å². The number of hydrogen-bond acceptors (Lipinski definition) is 6. The van der Waals surface area contributed by atoms with Crippen LogP contribution in [-0.2, 0) is 10.0 Å². The Hall–Kier alpha value is -2.88. The number of carbonyl (C=O) groups is 1. The molecule has 10 heteroatoms. The molecule has 3 rings (SSSR count). The summed E-state index contributed by atoms with van der Waals surface area (Å²) >= 11 is 6.00. The van der Waals surface area contributed by atoms with E-state index >= 15 is 0 Å². The zero-order chi connectivity index (χ0) is 21.7. The Morgan fingerprint density at radius 3 is 2.67 bits per heavy atom. The smallest absolute Gasteiger partial charge is 0.251 e. The average Bonchev–Trinajstić information content (AvgIpc) is 2.75. The predicted octanol–water partition coefficient (Wildman–Crippen LogP) is 2.65. The summed E-state index contributed by atoms with van der Waals surface area (Å²) in [5, 5.41) is 7.55. The van der Waals surface area contributed by atoms with Crippen molar-refractivity contribution < 1.29 is 17.9 Å². The molecule has 0 atom stereocenters. The maximum absolute atomic E-state index is 12.5. The van der Waals surface area contributed by atoms with Crippen molar-refractivity contribution in [1.82, 2.24) is 15.0 Å². The molecule has 0 radical (unpaired) electrons. The lowest BCUT2D eigenvalue weighted by atomic mass is 10.2. The van der Waals surface area contributed by atoms with E-state index in [1.165, 1.54) is 32.4 Å². The second kappa shape index (κ2) is 9.29. The Bertz CT molecular complexity index is 1180. The molecule has 3 aromatic rings. The third-order valence-corrected chi connectivity index (χ3v) is 6.09. The summed E-state index contributed by atoms with van der Waals surface area (Å²) < 4.78 is 31.6. The molecule has 8 nitrogen and oxygen atoms in total. The van der Waals surface area contributed by atoms with E-state index in [0.717, 1.165) is 16.6 Å². The molecule has 0 unspecified atom stereocenters. The second-order valence-electron chi connectivity index (χ2n) is 6.28. The van der Waals surface area contributed by atoms with E-state index in [4.69, 9.17) is 16.3 Å². The quantitative estimate of drug-likeness (QED) is 0.457. The van der Waals surface area contributed by atoms with Crippen molar-refractivity contribution in [3.05, 3.63) is 59.2 Å². The SMILES string of the molecule is CNS(=O)(=O)c1cc(C(=O)NCCNc2ccnc3cc(Cl)ccc23)ccc1OC. The van der Waals surface area contributed by atoms with E-state index in [9.17, 15) is 13.2 Å². The minimum Gasteiger partial charge on any atom is -0.495 e. The maximum Gasteiger partial charge on any atom is 0.251 e. The number of methoxy groups -OCH3 is 1. The van der Waals surface area contributed by atoms with Gasteiger partial charge in [0.05, 0.1) is 12.6 Å². The lowest BCUT2D eigenvalue weighted by molar-refractivity contribution is 0.0955. The molecule has 1 aromatic heterocycles. The molecule has 0 aliphatic rings. The van der Waals surface area contributed by atoms with Gasteiger partial charge in [-0.2, -0.15) is 0 Å². The van der Waals surface area contributed by atoms with Gasteiger partial charge < -0.3 is 15.4 Å². The van der Waals surface area contributed by atoms with Crippen LogP contribution < -0.4 is 20.1 Å². The van der Waals surface area contributed by atoms with Crippen LogP contribution >= 0.6 is 11.6 Å². The summed E-state index contributed by atoms with van der Waals surface area (Å²) in [5.41, 5.74) is 1.86. The number of nitrogens with one attached hydrogen (secondary N) is 3. The fourth-order valence-corrected chi connectivity index (χ4v) is 3.97. The predicted molar refractivity (Wildman–Crippen MR) is 117 cm³/mol. The highest BCUT2D eigenvalue weighted by Gasteiger charge is 2.20. The largest absolute Gasteiger partial charge is 0.495 e. The molecule has 3 N–H and O–H groups in total. The number of rotatable bonds is 8. The number of amides is 1. The van der Waals surface area contributed by atoms with Crippen molar-refractivity contribution in [3.8, 4) is 5.75 Å². The number of sulfonamides is 1. The van der Waals surface area contributed by atoms with Crippen molar-refractivity contribution in [1.29, 1.82) is 0 Å². The number of nitrogens with zero attached hydrogens (tertiary/aromatic N) is 1. The highest BCUT2D eigenvalue weighted by Crippen LogP contribution is 2.25. The molecule has 158 valence electrons. The summed E-state index contributed by atoms with van der Waals surface area (Å²) in [4.78, 5) is 16.6. The molecule has 0 bridgehead atoms. The molecule has 1 heterocycles. The Kier molecular flexibility index (Phi) is 6.76. The molecule has 30 heavy (non-hydrogen) atoms. The number of aromatic nitrogens is 1. The summed E-state index contributed by atoms with van der Waals surface area (Å²) in [6.45, 7) is 0.793. The number of benzene rings is 2. The van der Waals surface area contributed by atoms with Gasteiger partial charge in [-0.05, 0) is 49.5 Å². The van der Waals surface area contributed by atoms with E-state index in [-0.39, 0.29) is 16.2 Å². The van der Waals surface area contributed by atoms with Gasteiger partial charge in [-0.15, -0.1) is 0 Å².